The summed E-state index contributed by atoms with van der Waals surface area (Å²) < 4.78 is 16.5. The van der Waals surface area contributed by atoms with Crippen molar-refractivity contribution in [1.29, 1.82) is 0 Å². The summed E-state index contributed by atoms with van der Waals surface area (Å²) in [5.41, 5.74) is 6.06. The number of hydrogen-bond acceptors (Lipinski definition) is 6. The van der Waals surface area contributed by atoms with Crippen LogP contribution in [-0.4, -0.2) is 37.2 Å². The number of benzene rings is 2. The molecule has 7 heteroatoms. The molecule has 1 amide bonds. The summed E-state index contributed by atoms with van der Waals surface area (Å²) >= 11 is 0. The van der Waals surface area contributed by atoms with Crippen LogP contribution in [0, 0.1) is 0 Å². The van der Waals surface area contributed by atoms with Gasteiger partial charge >= 0.3 is 0 Å². The molecule has 7 nitrogen and oxygen atoms in total. The van der Waals surface area contributed by atoms with Gasteiger partial charge in [-0.15, -0.1) is 0 Å². The highest BCUT2D eigenvalue weighted by Gasteiger charge is 2.27. The van der Waals surface area contributed by atoms with Crippen LogP contribution in [0.5, 0.6) is 17.2 Å². The Morgan fingerprint density at radius 1 is 0.972 bits per heavy atom. The Labute approximate surface area is 209 Å². The molecule has 0 saturated heterocycles. The van der Waals surface area contributed by atoms with E-state index in [-0.39, 0.29) is 5.91 Å². The molecule has 2 aromatic heterocycles. The molecule has 1 aliphatic carbocycles. The number of carbonyl (C=O) groups is 1. The number of hydrogen-bond donors (Lipinski definition) is 1. The first-order chi connectivity index (χ1) is 17.6. The van der Waals surface area contributed by atoms with E-state index in [1.165, 1.54) is 0 Å². The maximum absolute atomic E-state index is 13.5. The second-order valence-corrected chi connectivity index (χ2v) is 8.46. The van der Waals surface area contributed by atoms with E-state index in [0.29, 0.717) is 29.4 Å². The maximum Gasteiger partial charge on any atom is 0.252 e. The molecule has 36 heavy (non-hydrogen) atoms. The second-order valence-electron chi connectivity index (χ2n) is 8.46. The molecule has 182 valence electrons. The molecule has 0 fully saturated rings. The van der Waals surface area contributed by atoms with Crippen molar-refractivity contribution in [3.63, 3.8) is 0 Å². The van der Waals surface area contributed by atoms with Crippen molar-refractivity contribution < 1.29 is 19.0 Å². The van der Waals surface area contributed by atoms with E-state index in [1.807, 2.05) is 54.6 Å². The molecule has 0 radical (unpaired) electrons. The van der Waals surface area contributed by atoms with Crippen molar-refractivity contribution in [3.05, 3.63) is 88.9 Å². The highest BCUT2D eigenvalue weighted by Crippen LogP contribution is 2.41. The highest BCUT2D eigenvalue weighted by atomic mass is 16.5. The van der Waals surface area contributed by atoms with Crippen LogP contribution < -0.4 is 19.5 Å². The van der Waals surface area contributed by atoms with E-state index in [4.69, 9.17) is 19.2 Å². The number of rotatable bonds is 7. The molecule has 0 saturated carbocycles. The van der Waals surface area contributed by atoms with Gasteiger partial charge in [-0.25, -0.2) is 4.98 Å². The van der Waals surface area contributed by atoms with Crippen LogP contribution in [0.4, 0.5) is 0 Å². The summed E-state index contributed by atoms with van der Waals surface area (Å²) in [6, 6.07) is 17.3. The molecule has 4 aromatic rings. The Morgan fingerprint density at radius 2 is 1.72 bits per heavy atom. The average molecular weight is 482 g/mol. The van der Waals surface area contributed by atoms with Crippen molar-refractivity contribution >= 4 is 28.5 Å². The third-order valence-corrected chi connectivity index (χ3v) is 6.35. The van der Waals surface area contributed by atoms with Gasteiger partial charge in [-0.3, -0.25) is 9.78 Å². The maximum atomic E-state index is 13.5. The number of allylic oxidation sites excluding steroid dienone is 1. The Balaban J connectivity index is 1.57. The number of aromatic nitrogens is 2. The lowest BCUT2D eigenvalue weighted by Gasteiger charge is -2.14. The van der Waals surface area contributed by atoms with E-state index in [1.54, 1.807) is 27.5 Å². The van der Waals surface area contributed by atoms with Gasteiger partial charge in [-0.05, 0) is 65.9 Å². The molecule has 0 atom stereocenters. The summed E-state index contributed by atoms with van der Waals surface area (Å²) in [5, 5.41) is 3.90. The summed E-state index contributed by atoms with van der Waals surface area (Å²) in [6.07, 6.45) is 5.31. The quantitative estimate of drug-likeness (QED) is 0.397. The number of nitrogens with one attached hydrogen (secondary N) is 1. The van der Waals surface area contributed by atoms with Crippen LogP contribution in [0.3, 0.4) is 0 Å². The van der Waals surface area contributed by atoms with Gasteiger partial charge in [0.1, 0.15) is 0 Å². The smallest absolute Gasteiger partial charge is 0.252 e. The van der Waals surface area contributed by atoms with E-state index in [2.05, 4.69) is 16.4 Å². The van der Waals surface area contributed by atoms with Gasteiger partial charge in [0, 0.05) is 11.6 Å². The van der Waals surface area contributed by atoms with Crippen LogP contribution in [0.15, 0.2) is 60.8 Å². The number of carbonyl (C=O) groups excluding carboxylic acids is 1. The Morgan fingerprint density at radius 3 is 2.42 bits per heavy atom. The van der Waals surface area contributed by atoms with Crippen molar-refractivity contribution in [2.45, 2.75) is 19.4 Å². The predicted octanol–water partition coefficient (Wildman–Crippen LogP) is 5.07. The lowest BCUT2D eigenvalue weighted by atomic mass is 9.99. The van der Waals surface area contributed by atoms with E-state index < -0.39 is 0 Å². The van der Waals surface area contributed by atoms with Gasteiger partial charge < -0.3 is 19.5 Å². The minimum absolute atomic E-state index is 0.121. The van der Waals surface area contributed by atoms with Crippen molar-refractivity contribution in [2.75, 3.05) is 21.3 Å². The van der Waals surface area contributed by atoms with Crippen molar-refractivity contribution in [2.24, 2.45) is 0 Å². The number of fused-ring (bicyclic) bond motifs is 2. The summed E-state index contributed by atoms with van der Waals surface area (Å²) in [7, 11) is 4.78. The van der Waals surface area contributed by atoms with Gasteiger partial charge in [-0.2, -0.15) is 0 Å². The van der Waals surface area contributed by atoms with Gasteiger partial charge in [0.05, 0.1) is 50.3 Å². The highest BCUT2D eigenvalue weighted by molar-refractivity contribution is 6.09. The van der Waals surface area contributed by atoms with Gasteiger partial charge in [0.25, 0.3) is 5.91 Å². The van der Waals surface area contributed by atoms with Gasteiger partial charge in [-0.1, -0.05) is 24.3 Å². The molecule has 2 aromatic carbocycles. The third kappa shape index (κ3) is 4.35. The van der Waals surface area contributed by atoms with Gasteiger partial charge in [0.15, 0.2) is 11.5 Å². The molecule has 1 aliphatic rings. The van der Waals surface area contributed by atoms with Crippen molar-refractivity contribution in [3.8, 4) is 17.2 Å². The average Bonchev–Trinajstić information content (AvgIpc) is 3.31. The summed E-state index contributed by atoms with van der Waals surface area (Å²) in [4.78, 5) is 22.7. The van der Waals surface area contributed by atoms with Crippen LogP contribution in [0.1, 0.15) is 39.3 Å². The number of para-hydroxylation sites is 1. The minimum atomic E-state index is -0.121. The number of amides is 1. The Hall–Kier alpha value is -4.39. The zero-order chi connectivity index (χ0) is 25.1. The Bertz CT molecular complexity index is 1440. The van der Waals surface area contributed by atoms with Crippen LogP contribution in [0.25, 0.3) is 22.6 Å². The fourth-order valence-electron chi connectivity index (χ4n) is 4.69. The molecule has 1 N–H and O–H groups in total. The summed E-state index contributed by atoms with van der Waals surface area (Å²) in [5.74, 6) is 1.60. The largest absolute Gasteiger partial charge is 0.493 e. The van der Waals surface area contributed by atoms with Crippen LogP contribution in [0.2, 0.25) is 0 Å². The normalized spacial score (nSPS) is 13.5. The first-order valence-electron chi connectivity index (χ1n) is 11.7. The van der Waals surface area contributed by atoms with E-state index in [0.717, 1.165) is 51.8 Å². The lowest BCUT2D eigenvalue weighted by molar-refractivity contribution is 0.0951. The fourth-order valence-corrected chi connectivity index (χ4v) is 4.69. The van der Waals surface area contributed by atoms with Gasteiger partial charge in [0.2, 0.25) is 5.75 Å². The molecule has 5 rings (SSSR count). The molecule has 2 heterocycles. The van der Waals surface area contributed by atoms with Crippen molar-refractivity contribution in [1.82, 2.24) is 15.3 Å². The number of methoxy groups -OCH3 is 3. The Kier molecular flexibility index (Phi) is 6.54. The first kappa shape index (κ1) is 23.4. The second kappa shape index (κ2) is 10.1. The molecule has 0 spiro atoms. The minimum Gasteiger partial charge on any atom is -0.493 e. The predicted molar refractivity (Wildman–Crippen MR) is 139 cm³/mol. The SMILES string of the molecule is COc1cc(/C=C2\CCc3c2nc2ccccc2c3C(=O)NCc2ccccn2)cc(OC)c1OC. The third-order valence-electron chi connectivity index (χ3n) is 6.35. The molecular weight excluding hydrogens is 454 g/mol. The zero-order valence-corrected chi connectivity index (χ0v) is 20.5. The monoisotopic (exact) mass is 481 g/mol. The first-order valence-corrected chi connectivity index (χ1v) is 11.7. The zero-order valence-electron chi connectivity index (χ0n) is 20.5. The topological polar surface area (TPSA) is 82.6 Å². The molecule has 0 unspecified atom stereocenters. The standard InChI is InChI=1S/C29H27N3O4/c1-34-24-15-18(16-25(35-2)28(24)36-3)14-19-11-12-22-26(21-9-4-5-10-23(21)32-27(19)22)29(33)31-17-20-8-6-7-13-30-20/h4-10,13-16H,11-12,17H2,1-3H3,(H,31,33)/b19-14+. The molecular formula is C29H27N3O4. The van der Waals surface area contributed by atoms with Crippen LogP contribution in [-0.2, 0) is 13.0 Å². The summed E-state index contributed by atoms with van der Waals surface area (Å²) in [6.45, 7) is 0.360. The number of nitrogens with zero attached hydrogens (tertiary/aromatic N) is 2. The molecule has 0 bridgehead atoms. The van der Waals surface area contributed by atoms with E-state index >= 15 is 0 Å². The van der Waals surface area contributed by atoms with E-state index in [9.17, 15) is 4.79 Å². The fraction of sp³-hybridized carbons (Fsp3) is 0.207. The molecule has 0 aliphatic heterocycles. The lowest BCUT2D eigenvalue weighted by Crippen LogP contribution is -2.25. The number of ether oxygens (including phenoxy) is 3. The number of pyridine rings is 2. The van der Waals surface area contributed by atoms with Crippen LogP contribution >= 0.6 is 0 Å².